The number of rotatable bonds is 8. The van der Waals surface area contributed by atoms with Gasteiger partial charge in [0.15, 0.2) is 0 Å². The minimum Gasteiger partial charge on any atom is -0.325 e. The monoisotopic (exact) mass is 366 g/mol. The molecule has 3 aromatic rings. The normalized spacial score (nSPS) is 11.6. The van der Waals surface area contributed by atoms with Gasteiger partial charge in [0.1, 0.15) is 11.1 Å². The fourth-order valence-electron chi connectivity index (χ4n) is 3.63. The Bertz CT molecular complexity index is 950. The summed E-state index contributed by atoms with van der Waals surface area (Å²) in [5.74, 6) is 0. The first-order valence-corrected chi connectivity index (χ1v) is 9.77. The van der Waals surface area contributed by atoms with E-state index in [4.69, 9.17) is 10.4 Å². The van der Waals surface area contributed by atoms with Crippen LogP contribution < -0.4 is 5.49 Å². The Morgan fingerprint density at radius 1 is 1.11 bits per heavy atom. The van der Waals surface area contributed by atoms with Crippen molar-refractivity contribution in [3.05, 3.63) is 53.2 Å². The average molecular weight is 367 g/mol. The fourth-order valence-corrected chi connectivity index (χ4v) is 3.63. The molecule has 0 fully saturated rings. The first-order chi connectivity index (χ1) is 13.1. The first kappa shape index (κ1) is 19.3. The van der Waals surface area contributed by atoms with Gasteiger partial charge in [-0.25, -0.2) is 4.98 Å². The summed E-state index contributed by atoms with van der Waals surface area (Å²) in [6, 6.07) is 4.05. The largest absolute Gasteiger partial charge is 0.325 e. The van der Waals surface area contributed by atoms with E-state index in [1.807, 2.05) is 35.4 Å². The molecule has 3 heterocycles. The topological polar surface area (TPSA) is 62.7 Å². The molecule has 0 aliphatic heterocycles. The van der Waals surface area contributed by atoms with Gasteiger partial charge in [-0.3, -0.25) is 10.4 Å². The van der Waals surface area contributed by atoms with Crippen molar-refractivity contribution in [2.24, 2.45) is 0 Å². The summed E-state index contributed by atoms with van der Waals surface area (Å²) in [5, 5.41) is 9.70. The van der Waals surface area contributed by atoms with Crippen molar-refractivity contribution in [2.45, 2.75) is 47.2 Å². The molecule has 0 radical (unpaired) electrons. The van der Waals surface area contributed by atoms with Crippen LogP contribution in [0.15, 0.2) is 30.9 Å². The van der Waals surface area contributed by atoms with E-state index >= 15 is 0 Å². The summed E-state index contributed by atoms with van der Waals surface area (Å²) in [6.07, 6.45) is 6.49. The first-order valence-electron chi connectivity index (χ1n) is 9.77. The molecule has 0 aliphatic carbocycles. The van der Waals surface area contributed by atoms with Gasteiger partial charge in [-0.05, 0) is 63.2 Å². The highest BCUT2D eigenvalue weighted by atomic mass is 15.1. The Morgan fingerprint density at radius 3 is 2.48 bits per heavy atom. The summed E-state index contributed by atoms with van der Waals surface area (Å²) in [5.41, 5.74) is 4.97. The summed E-state index contributed by atoms with van der Waals surface area (Å²) in [6.45, 7) is 13.4. The molecule has 6 heteroatoms. The van der Waals surface area contributed by atoms with Crippen LogP contribution in [0.5, 0.6) is 0 Å². The number of hydrogen-bond donors (Lipinski definition) is 1. The molecule has 0 atom stereocenters. The van der Waals surface area contributed by atoms with Crippen LogP contribution >= 0.6 is 0 Å². The molecule has 0 saturated carbocycles. The maximum atomic E-state index is 8.73. The third kappa shape index (κ3) is 3.95. The van der Waals surface area contributed by atoms with Gasteiger partial charge in [-0.1, -0.05) is 13.8 Å². The van der Waals surface area contributed by atoms with Crippen molar-refractivity contribution >= 4 is 11.0 Å². The minimum atomic E-state index is 0.564. The molecule has 0 spiro atoms. The highest BCUT2D eigenvalue weighted by molar-refractivity contribution is 5.80. The number of fused-ring (bicyclic) bond motifs is 1. The lowest BCUT2D eigenvalue weighted by molar-refractivity contribution is 0.292. The molecule has 6 nitrogen and oxygen atoms in total. The summed E-state index contributed by atoms with van der Waals surface area (Å²) in [7, 11) is 0. The Morgan fingerprint density at radius 2 is 1.81 bits per heavy atom. The van der Waals surface area contributed by atoms with Crippen LogP contribution in [0.1, 0.15) is 37.1 Å². The number of nitrogens with one attached hydrogen (secondary N) is 1. The Balaban J connectivity index is 1.90. The summed E-state index contributed by atoms with van der Waals surface area (Å²) in [4.78, 5) is 11.2. The van der Waals surface area contributed by atoms with E-state index in [1.54, 1.807) is 0 Å². The Hall–Kier alpha value is -2.47. The summed E-state index contributed by atoms with van der Waals surface area (Å²) >= 11 is 0. The van der Waals surface area contributed by atoms with Crippen molar-refractivity contribution in [1.82, 2.24) is 24.0 Å². The van der Waals surface area contributed by atoms with Crippen molar-refractivity contribution in [1.29, 1.82) is 5.41 Å². The third-order valence-electron chi connectivity index (χ3n) is 5.50. The van der Waals surface area contributed by atoms with Gasteiger partial charge in [0.25, 0.3) is 0 Å². The molecule has 27 heavy (non-hydrogen) atoms. The zero-order valence-electron chi connectivity index (χ0n) is 16.9. The zero-order valence-corrected chi connectivity index (χ0v) is 16.9. The van der Waals surface area contributed by atoms with E-state index < -0.39 is 0 Å². The number of pyridine rings is 1. The van der Waals surface area contributed by atoms with Crippen LogP contribution in [0.3, 0.4) is 0 Å². The van der Waals surface area contributed by atoms with Gasteiger partial charge in [0.05, 0.1) is 11.7 Å². The molecular weight excluding hydrogens is 336 g/mol. The molecule has 1 N–H and O–H groups in total. The number of aromatic nitrogens is 4. The van der Waals surface area contributed by atoms with Gasteiger partial charge >= 0.3 is 0 Å². The molecule has 0 amide bonds. The molecule has 0 saturated heterocycles. The van der Waals surface area contributed by atoms with Crippen LogP contribution in [-0.2, 0) is 13.1 Å². The molecule has 0 bridgehead atoms. The van der Waals surface area contributed by atoms with Gasteiger partial charge < -0.3 is 14.0 Å². The maximum absolute atomic E-state index is 8.73. The van der Waals surface area contributed by atoms with E-state index in [0.717, 1.165) is 55.7 Å². The molecule has 144 valence electrons. The second-order valence-corrected chi connectivity index (χ2v) is 7.02. The molecule has 3 rings (SSSR count). The average Bonchev–Trinajstić information content (AvgIpc) is 2.93. The Labute approximate surface area is 161 Å². The van der Waals surface area contributed by atoms with Crippen molar-refractivity contribution in [3.63, 3.8) is 0 Å². The van der Waals surface area contributed by atoms with Crippen LogP contribution in [-0.4, -0.2) is 43.6 Å². The lowest BCUT2D eigenvalue weighted by Crippen LogP contribution is -2.27. The van der Waals surface area contributed by atoms with E-state index in [-0.39, 0.29) is 0 Å². The van der Waals surface area contributed by atoms with Gasteiger partial charge in [0, 0.05) is 31.2 Å². The lowest BCUT2D eigenvalue weighted by atomic mass is 10.2. The highest BCUT2D eigenvalue weighted by Gasteiger charge is 2.15. The minimum absolute atomic E-state index is 0.564. The van der Waals surface area contributed by atoms with Crippen molar-refractivity contribution < 1.29 is 0 Å². The second-order valence-electron chi connectivity index (χ2n) is 7.02. The lowest BCUT2D eigenvalue weighted by Gasteiger charge is -2.18. The van der Waals surface area contributed by atoms with Gasteiger partial charge in [0.2, 0.25) is 0 Å². The number of hydrogen-bond acceptors (Lipinski definition) is 4. The van der Waals surface area contributed by atoms with Crippen molar-refractivity contribution in [3.8, 4) is 0 Å². The van der Waals surface area contributed by atoms with Gasteiger partial charge in [-0.2, -0.15) is 0 Å². The molecule has 0 unspecified atom stereocenters. The van der Waals surface area contributed by atoms with E-state index in [0.29, 0.717) is 5.49 Å². The van der Waals surface area contributed by atoms with Gasteiger partial charge in [-0.15, -0.1) is 0 Å². The predicted octanol–water partition coefficient (Wildman–Crippen LogP) is 3.11. The maximum Gasteiger partial charge on any atom is 0.146 e. The van der Waals surface area contributed by atoms with Crippen molar-refractivity contribution in [2.75, 3.05) is 19.6 Å². The predicted molar refractivity (Wildman–Crippen MR) is 109 cm³/mol. The molecule has 0 aliphatic rings. The van der Waals surface area contributed by atoms with Crippen LogP contribution in [0, 0.1) is 19.3 Å². The smallest absolute Gasteiger partial charge is 0.146 e. The fraction of sp³-hybridized carbons (Fsp3) is 0.476. The van der Waals surface area contributed by atoms with E-state index in [1.165, 1.54) is 11.3 Å². The van der Waals surface area contributed by atoms with E-state index in [9.17, 15) is 0 Å². The standard InChI is InChI=1S/C21H30N6/c1-5-25(6-2)12-7-13-26-15-24-21-19(20(26)22)16(3)17(4)27(21)14-18-8-10-23-11-9-18/h8-11,15,22H,5-7,12-14H2,1-4H3. The number of nitrogens with zero attached hydrogens (tertiary/aromatic N) is 5. The SMILES string of the molecule is CCN(CC)CCCn1cnc2c(c(C)c(C)n2Cc2ccncc2)c1=N. The Kier molecular flexibility index (Phi) is 6.06. The number of aryl methyl sites for hydroxylation is 2. The van der Waals surface area contributed by atoms with E-state index in [2.05, 4.69) is 42.1 Å². The third-order valence-corrected chi connectivity index (χ3v) is 5.50. The zero-order chi connectivity index (χ0) is 19.4. The second kappa shape index (κ2) is 8.48. The quantitative estimate of drug-likeness (QED) is 0.666. The molecule has 3 aromatic heterocycles. The van der Waals surface area contributed by atoms with Crippen LogP contribution in [0.2, 0.25) is 0 Å². The van der Waals surface area contributed by atoms with Crippen LogP contribution in [0.25, 0.3) is 11.0 Å². The highest BCUT2D eigenvalue weighted by Crippen LogP contribution is 2.21. The molecule has 0 aromatic carbocycles. The molecular formula is C21H30N6. The van der Waals surface area contributed by atoms with Crippen LogP contribution in [0.4, 0.5) is 0 Å². The summed E-state index contributed by atoms with van der Waals surface area (Å²) < 4.78 is 4.19.